The van der Waals surface area contributed by atoms with E-state index in [9.17, 15) is 35.9 Å². The SMILES string of the molecule is CN(C)Cc1ccc(-c2c(-c3cccc(OC(F)(F)F)c3)cn3c2C(=O)N(OC(=O)C(F)(F)F)CC3CCCl)cc1. The summed E-state index contributed by atoms with van der Waals surface area (Å²) in [5.41, 5.74) is 2.05. The second kappa shape index (κ2) is 11.6. The van der Waals surface area contributed by atoms with Crippen LogP contribution in [0.4, 0.5) is 26.3 Å². The third-order valence-electron chi connectivity index (χ3n) is 6.22. The van der Waals surface area contributed by atoms with Gasteiger partial charge in [0.05, 0.1) is 12.6 Å². The predicted octanol–water partition coefficient (Wildman–Crippen LogP) is 6.43. The summed E-state index contributed by atoms with van der Waals surface area (Å²) in [7, 11) is 3.75. The number of carbonyl (C=O) groups excluding carboxylic acids is 2. The van der Waals surface area contributed by atoms with E-state index in [1.807, 2.05) is 19.0 Å². The maximum Gasteiger partial charge on any atom is 0.573 e. The van der Waals surface area contributed by atoms with E-state index >= 15 is 0 Å². The van der Waals surface area contributed by atoms with E-state index in [-0.39, 0.29) is 29.1 Å². The third kappa shape index (κ3) is 6.96. The molecule has 1 aliphatic heterocycles. The molecule has 1 aromatic heterocycles. The van der Waals surface area contributed by atoms with Crippen LogP contribution in [0.1, 0.15) is 28.5 Å². The van der Waals surface area contributed by atoms with Crippen molar-refractivity contribution >= 4 is 23.5 Å². The molecule has 1 atom stereocenters. The molecule has 14 heteroatoms. The van der Waals surface area contributed by atoms with Crippen LogP contribution in [0.3, 0.4) is 0 Å². The van der Waals surface area contributed by atoms with E-state index in [1.165, 1.54) is 22.9 Å². The number of hydroxylamine groups is 2. The van der Waals surface area contributed by atoms with Gasteiger partial charge in [0, 0.05) is 29.7 Å². The smallest absolute Gasteiger partial charge is 0.406 e. The molecule has 41 heavy (non-hydrogen) atoms. The number of carbonyl (C=O) groups is 2. The van der Waals surface area contributed by atoms with Crippen LogP contribution in [-0.4, -0.2) is 65.5 Å². The molecule has 3 aromatic rings. The molecule has 0 bridgehead atoms. The van der Waals surface area contributed by atoms with Crippen LogP contribution in [-0.2, 0) is 16.2 Å². The quantitative estimate of drug-likeness (QED) is 0.219. The second-order valence-electron chi connectivity index (χ2n) is 9.56. The van der Waals surface area contributed by atoms with Crippen LogP contribution < -0.4 is 4.74 Å². The fourth-order valence-corrected chi connectivity index (χ4v) is 4.86. The number of benzene rings is 2. The summed E-state index contributed by atoms with van der Waals surface area (Å²) in [6.45, 7) is 0.169. The molecule has 220 valence electrons. The van der Waals surface area contributed by atoms with Crippen molar-refractivity contribution in [3.05, 3.63) is 66.0 Å². The van der Waals surface area contributed by atoms with Gasteiger partial charge in [-0.15, -0.1) is 24.8 Å². The average Bonchev–Trinajstić information content (AvgIpc) is 3.27. The highest BCUT2D eigenvalue weighted by molar-refractivity contribution is 6.17. The van der Waals surface area contributed by atoms with Crippen molar-refractivity contribution in [3.8, 4) is 28.0 Å². The van der Waals surface area contributed by atoms with Crippen LogP contribution in [0.15, 0.2) is 54.7 Å². The summed E-state index contributed by atoms with van der Waals surface area (Å²) in [5, 5.41) is 0.346. The molecule has 1 aliphatic rings. The zero-order chi connectivity index (χ0) is 30.1. The second-order valence-corrected chi connectivity index (χ2v) is 9.94. The van der Waals surface area contributed by atoms with Gasteiger partial charge in [-0.3, -0.25) is 4.79 Å². The van der Waals surface area contributed by atoms with E-state index in [0.29, 0.717) is 22.7 Å². The van der Waals surface area contributed by atoms with Crippen LogP contribution in [0.25, 0.3) is 22.3 Å². The van der Waals surface area contributed by atoms with Gasteiger partial charge in [0.1, 0.15) is 11.4 Å². The molecular formula is C27H24ClF6N3O4. The Kier molecular flexibility index (Phi) is 8.59. The minimum atomic E-state index is -5.35. The number of alkyl halides is 7. The molecule has 2 aromatic carbocycles. The molecule has 0 radical (unpaired) electrons. The highest BCUT2D eigenvalue weighted by Crippen LogP contribution is 2.42. The van der Waals surface area contributed by atoms with E-state index in [1.54, 1.807) is 24.3 Å². The average molecular weight is 604 g/mol. The van der Waals surface area contributed by atoms with Crippen molar-refractivity contribution in [2.24, 2.45) is 0 Å². The predicted molar refractivity (Wildman–Crippen MR) is 137 cm³/mol. The molecule has 1 unspecified atom stereocenters. The minimum absolute atomic E-state index is 0.0519. The molecular weight excluding hydrogens is 580 g/mol. The van der Waals surface area contributed by atoms with Crippen molar-refractivity contribution in [2.45, 2.75) is 31.5 Å². The molecule has 7 nitrogen and oxygen atoms in total. The number of nitrogens with zero attached hydrogens (tertiary/aromatic N) is 3. The zero-order valence-electron chi connectivity index (χ0n) is 21.7. The lowest BCUT2D eigenvalue weighted by Gasteiger charge is -2.33. The highest BCUT2D eigenvalue weighted by Gasteiger charge is 2.46. The fourth-order valence-electron chi connectivity index (χ4n) is 4.61. The largest absolute Gasteiger partial charge is 0.573 e. The summed E-state index contributed by atoms with van der Waals surface area (Å²) in [6, 6.07) is 11.4. The summed E-state index contributed by atoms with van der Waals surface area (Å²) < 4.78 is 83.4. The fraction of sp³-hybridized carbons (Fsp3) is 0.333. The first kappa shape index (κ1) is 30.3. The third-order valence-corrected chi connectivity index (χ3v) is 6.44. The first-order chi connectivity index (χ1) is 19.2. The summed E-state index contributed by atoms with van der Waals surface area (Å²) in [4.78, 5) is 31.6. The molecule has 0 saturated carbocycles. The van der Waals surface area contributed by atoms with Gasteiger partial charge in [-0.05, 0) is 49.3 Å². The Hall–Kier alpha value is -3.71. The molecule has 0 N–H and O–H groups in total. The van der Waals surface area contributed by atoms with Crippen molar-refractivity contribution in [2.75, 3.05) is 26.5 Å². The van der Waals surface area contributed by atoms with E-state index in [2.05, 4.69) is 9.57 Å². The number of amides is 1. The molecule has 4 rings (SSSR count). The number of ether oxygens (including phenoxy) is 1. The first-order valence-corrected chi connectivity index (χ1v) is 12.7. The van der Waals surface area contributed by atoms with Gasteiger partial charge >= 0.3 is 24.4 Å². The Balaban J connectivity index is 1.91. The summed E-state index contributed by atoms with van der Waals surface area (Å²) in [5.74, 6) is -4.05. The minimum Gasteiger partial charge on any atom is -0.406 e. The summed E-state index contributed by atoms with van der Waals surface area (Å²) >= 11 is 5.95. The highest BCUT2D eigenvalue weighted by atomic mass is 35.5. The van der Waals surface area contributed by atoms with E-state index < -0.39 is 42.8 Å². The van der Waals surface area contributed by atoms with Gasteiger partial charge in [-0.25, -0.2) is 4.79 Å². The van der Waals surface area contributed by atoms with Crippen molar-refractivity contribution < 1.29 is 45.5 Å². The number of hydrogen-bond acceptors (Lipinski definition) is 5. The Morgan fingerprint density at radius 3 is 2.32 bits per heavy atom. The van der Waals surface area contributed by atoms with Crippen molar-refractivity contribution in [1.82, 2.24) is 14.5 Å². The van der Waals surface area contributed by atoms with Crippen LogP contribution in [0.5, 0.6) is 5.75 Å². The van der Waals surface area contributed by atoms with Crippen LogP contribution in [0, 0.1) is 0 Å². The van der Waals surface area contributed by atoms with Gasteiger partial charge in [0.2, 0.25) is 0 Å². The van der Waals surface area contributed by atoms with Crippen LogP contribution in [0.2, 0.25) is 0 Å². The standard InChI is InChI=1S/C27H24ClF6N3O4/c1-35(2)13-16-6-8-17(9-7-16)22-21(18-4-3-5-20(12-18)40-27(32,33)34)15-36-19(10-11-28)14-37(24(38)23(22)36)41-25(39)26(29,30)31/h3-9,12,15,19H,10-11,13-14H2,1-2H3. The lowest BCUT2D eigenvalue weighted by molar-refractivity contribution is -0.274. The van der Waals surface area contributed by atoms with E-state index in [4.69, 9.17) is 11.6 Å². The molecule has 1 amide bonds. The zero-order valence-corrected chi connectivity index (χ0v) is 22.5. The number of fused-ring (bicyclic) bond motifs is 1. The number of rotatable bonds is 8. The Labute approximate surface area is 235 Å². The maximum absolute atomic E-state index is 13.6. The van der Waals surface area contributed by atoms with Gasteiger partial charge < -0.3 is 19.0 Å². The Morgan fingerprint density at radius 2 is 1.73 bits per heavy atom. The maximum atomic E-state index is 13.6. The molecule has 0 spiro atoms. The molecule has 0 aliphatic carbocycles. The number of hydrogen-bond donors (Lipinski definition) is 0. The van der Waals surface area contributed by atoms with Crippen molar-refractivity contribution in [3.63, 3.8) is 0 Å². The Bertz CT molecular complexity index is 1420. The lowest BCUT2D eigenvalue weighted by atomic mass is 9.95. The van der Waals surface area contributed by atoms with Gasteiger partial charge in [0.15, 0.2) is 0 Å². The van der Waals surface area contributed by atoms with Crippen LogP contribution >= 0.6 is 11.6 Å². The van der Waals surface area contributed by atoms with Gasteiger partial charge in [-0.1, -0.05) is 36.4 Å². The number of halogens is 7. The molecule has 2 heterocycles. The molecule has 0 saturated heterocycles. The van der Waals surface area contributed by atoms with E-state index in [0.717, 1.165) is 17.7 Å². The topological polar surface area (TPSA) is 64.0 Å². The van der Waals surface area contributed by atoms with Gasteiger partial charge in [0.25, 0.3) is 0 Å². The molecule has 0 fully saturated rings. The van der Waals surface area contributed by atoms with Crippen molar-refractivity contribution in [1.29, 1.82) is 0 Å². The monoisotopic (exact) mass is 603 g/mol. The first-order valence-electron chi connectivity index (χ1n) is 12.2. The normalized spacial score (nSPS) is 15.7. The summed E-state index contributed by atoms with van der Waals surface area (Å²) in [6.07, 6.45) is -8.59. The van der Waals surface area contributed by atoms with Gasteiger partial charge in [-0.2, -0.15) is 18.2 Å². The lowest BCUT2D eigenvalue weighted by Crippen LogP contribution is -2.46. The Morgan fingerprint density at radius 1 is 1.05 bits per heavy atom. The number of aromatic nitrogens is 1.